The van der Waals surface area contributed by atoms with Gasteiger partial charge in [-0.3, -0.25) is 19.5 Å². The highest BCUT2D eigenvalue weighted by atomic mass is 16.6. The second kappa shape index (κ2) is 8.96. The first-order valence-corrected chi connectivity index (χ1v) is 11.0. The lowest BCUT2D eigenvalue weighted by atomic mass is 9.88. The number of ether oxygens (including phenoxy) is 2. The van der Waals surface area contributed by atoms with Gasteiger partial charge in [0.05, 0.1) is 17.7 Å². The number of piperidine rings is 1. The van der Waals surface area contributed by atoms with E-state index < -0.39 is 0 Å². The van der Waals surface area contributed by atoms with Crippen molar-refractivity contribution >= 4 is 28.3 Å². The van der Waals surface area contributed by atoms with E-state index in [1.54, 1.807) is 12.3 Å². The Balaban J connectivity index is 1.16. The number of ketones is 1. The molecular weight excluding hydrogens is 406 g/mol. The molecule has 1 amide bonds. The smallest absolute Gasteiger partial charge is 0.238 e. The van der Waals surface area contributed by atoms with Gasteiger partial charge in [0, 0.05) is 23.1 Å². The molecule has 0 radical (unpaired) electrons. The van der Waals surface area contributed by atoms with Crippen LogP contribution in [0.3, 0.4) is 0 Å². The van der Waals surface area contributed by atoms with Crippen LogP contribution in [-0.4, -0.2) is 54.4 Å². The van der Waals surface area contributed by atoms with Crippen molar-refractivity contribution in [2.75, 3.05) is 38.2 Å². The van der Waals surface area contributed by atoms with Gasteiger partial charge in [-0.2, -0.15) is 0 Å². The number of nitrogens with zero attached hydrogens (tertiary/aromatic N) is 2. The van der Waals surface area contributed by atoms with E-state index in [1.165, 1.54) is 0 Å². The zero-order chi connectivity index (χ0) is 21.9. The van der Waals surface area contributed by atoms with Gasteiger partial charge in [0.1, 0.15) is 13.2 Å². The van der Waals surface area contributed by atoms with E-state index in [9.17, 15) is 9.59 Å². The van der Waals surface area contributed by atoms with Gasteiger partial charge in [-0.05, 0) is 68.4 Å². The number of hydrogen-bond acceptors (Lipinski definition) is 6. The lowest BCUT2D eigenvalue weighted by Crippen LogP contribution is -2.40. The summed E-state index contributed by atoms with van der Waals surface area (Å²) in [6, 6.07) is 14.9. The number of fused-ring (bicyclic) bond motifs is 2. The first kappa shape index (κ1) is 20.5. The van der Waals surface area contributed by atoms with Gasteiger partial charge >= 0.3 is 0 Å². The quantitative estimate of drug-likeness (QED) is 0.623. The molecule has 7 nitrogen and oxygen atoms in total. The van der Waals surface area contributed by atoms with E-state index in [0.29, 0.717) is 49.9 Å². The highest BCUT2D eigenvalue weighted by molar-refractivity contribution is 6.01. The molecule has 0 spiro atoms. The molecule has 0 bridgehead atoms. The highest BCUT2D eigenvalue weighted by Gasteiger charge is 2.27. The van der Waals surface area contributed by atoms with E-state index in [2.05, 4.69) is 15.2 Å². The van der Waals surface area contributed by atoms with E-state index in [-0.39, 0.29) is 17.6 Å². The predicted octanol–water partition coefficient (Wildman–Crippen LogP) is 3.54. The molecule has 0 atom stereocenters. The third-order valence-electron chi connectivity index (χ3n) is 6.07. The lowest BCUT2D eigenvalue weighted by Gasteiger charge is -2.31. The van der Waals surface area contributed by atoms with Gasteiger partial charge in [0.15, 0.2) is 17.3 Å². The van der Waals surface area contributed by atoms with Gasteiger partial charge in [-0.25, -0.2) is 0 Å². The molecule has 164 valence electrons. The highest BCUT2D eigenvalue weighted by Crippen LogP contribution is 2.32. The molecule has 2 aliphatic rings. The van der Waals surface area contributed by atoms with Crippen molar-refractivity contribution in [2.24, 2.45) is 5.92 Å². The Morgan fingerprint density at radius 2 is 1.81 bits per heavy atom. The van der Waals surface area contributed by atoms with E-state index in [1.807, 2.05) is 42.5 Å². The van der Waals surface area contributed by atoms with Gasteiger partial charge < -0.3 is 14.8 Å². The molecule has 2 aliphatic heterocycles. The van der Waals surface area contributed by atoms with Gasteiger partial charge in [0.2, 0.25) is 5.91 Å². The number of hydrogen-bond donors (Lipinski definition) is 1. The molecule has 3 heterocycles. The first-order chi connectivity index (χ1) is 15.7. The van der Waals surface area contributed by atoms with Gasteiger partial charge in [0.25, 0.3) is 0 Å². The van der Waals surface area contributed by atoms with Crippen LogP contribution in [0.4, 0.5) is 5.69 Å². The number of carbonyl (C=O) groups is 2. The minimum Gasteiger partial charge on any atom is -0.486 e. The summed E-state index contributed by atoms with van der Waals surface area (Å²) in [5.41, 5.74) is 2.28. The Morgan fingerprint density at radius 1 is 1.00 bits per heavy atom. The summed E-state index contributed by atoms with van der Waals surface area (Å²) in [5.74, 6) is 1.36. The molecule has 0 unspecified atom stereocenters. The molecule has 5 rings (SSSR count). The average Bonchev–Trinajstić information content (AvgIpc) is 2.84. The van der Waals surface area contributed by atoms with Crippen molar-refractivity contribution in [3.63, 3.8) is 0 Å². The summed E-state index contributed by atoms with van der Waals surface area (Å²) in [4.78, 5) is 32.0. The van der Waals surface area contributed by atoms with E-state index >= 15 is 0 Å². The maximum absolute atomic E-state index is 13.0. The molecule has 1 fully saturated rings. The van der Waals surface area contributed by atoms with Gasteiger partial charge in [-0.1, -0.05) is 6.07 Å². The van der Waals surface area contributed by atoms with Crippen LogP contribution in [0.2, 0.25) is 0 Å². The summed E-state index contributed by atoms with van der Waals surface area (Å²) in [7, 11) is 0. The van der Waals surface area contributed by atoms with E-state index in [0.717, 1.165) is 29.4 Å². The number of aromatic nitrogens is 1. The number of pyridine rings is 1. The average molecular weight is 431 g/mol. The summed E-state index contributed by atoms with van der Waals surface area (Å²) in [6.45, 7) is 2.77. The Kier molecular flexibility index (Phi) is 5.73. The van der Waals surface area contributed by atoms with Crippen LogP contribution in [0, 0.1) is 5.92 Å². The summed E-state index contributed by atoms with van der Waals surface area (Å²) in [6.07, 6.45) is 3.21. The molecule has 1 N–H and O–H groups in total. The lowest BCUT2D eigenvalue weighted by molar-refractivity contribution is -0.117. The first-order valence-electron chi connectivity index (χ1n) is 11.0. The van der Waals surface area contributed by atoms with Crippen molar-refractivity contribution in [1.82, 2.24) is 9.88 Å². The minimum atomic E-state index is -0.0574. The standard InChI is InChI=1S/C25H25N3O4/c29-24(27-21-5-1-4-20-19(21)3-2-10-26-20)16-28-11-8-17(9-12-28)25(30)18-6-7-22-23(15-18)32-14-13-31-22/h1-7,10,15,17H,8-9,11-14,16H2,(H,27,29). The monoisotopic (exact) mass is 431 g/mol. The summed E-state index contributed by atoms with van der Waals surface area (Å²) < 4.78 is 11.1. The normalized spacial score (nSPS) is 16.6. The Morgan fingerprint density at radius 3 is 2.66 bits per heavy atom. The van der Waals surface area contributed by atoms with Crippen molar-refractivity contribution in [3.8, 4) is 11.5 Å². The van der Waals surface area contributed by atoms with Crippen LogP contribution in [0.1, 0.15) is 23.2 Å². The third-order valence-corrected chi connectivity index (χ3v) is 6.07. The number of amides is 1. The second-order valence-corrected chi connectivity index (χ2v) is 8.20. The molecule has 3 aromatic rings. The summed E-state index contributed by atoms with van der Waals surface area (Å²) >= 11 is 0. The molecule has 32 heavy (non-hydrogen) atoms. The fourth-order valence-electron chi connectivity index (χ4n) is 4.39. The van der Waals surface area contributed by atoms with E-state index in [4.69, 9.17) is 9.47 Å². The minimum absolute atomic E-state index is 0.0407. The molecule has 2 aromatic carbocycles. The molecule has 7 heteroatoms. The van der Waals surface area contributed by atoms with Crippen molar-refractivity contribution in [2.45, 2.75) is 12.8 Å². The van der Waals surface area contributed by atoms with Crippen LogP contribution < -0.4 is 14.8 Å². The predicted molar refractivity (Wildman–Crippen MR) is 121 cm³/mol. The maximum atomic E-state index is 13.0. The van der Waals surface area contributed by atoms with Crippen LogP contribution in [0.5, 0.6) is 11.5 Å². The maximum Gasteiger partial charge on any atom is 0.238 e. The van der Waals surface area contributed by atoms with Crippen LogP contribution >= 0.6 is 0 Å². The number of nitrogens with one attached hydrogen (secondary N) is 1. The van der Waals surface area contributed by atoms with Crippen LogP contribution in [-0.2, 0) is 4.79 Å². The molecule has 0 saturated carbocycles. The second-order valence-electron chi connectivity index (χ2n) is 8.20. The number of likely N-dealkylation sites (tertiary alicyclic amines) is 1. The number of Topliss-reactive ketones (excluding diaryl/α,β-unsaturated/α-hetero) is 1. The van der Waals surface area contributed by atoms with Crippen LogP contribution in [0.15, 0.2) is 54.7 Å². The third kappa shape index (κ3) is 4.29. The topological polar surface area (TPSA) is 80.8 Å². The fourth-order valence-corrected chi connectivity index (χ4v) is 4.39. The SMILES string of the molecule is O=C(CN1CCC(C(=O)c2ccc3c(c2)OCCO3)CC1)Nc1cccc2ncccc12. The largest absolute Gasteiger partial charge is 0.486 e. The number of anilines is 1. The van der Waals surface area contributed by atoms with Crippen molar-refractivity contribution in [3.05, 3.63) is 60.3 Å². The van der Waals surface area contributed by atoms with Crippen molar-refractivity contribution in [1.29, 1.82) is 0 Å². The molecular formula is C25H25N3O4. The Bertz CT molecular complexity index is 1150. The molecule has 1 aromatic heterocycles. The van der Waals surface area contributed by atoms with Crippen LogP contribution in [0.25, 0.3) is 10.9 Å². The summed E-state index contributed by atoms with van der Waals surface area (Å²) in [5, 5.41) is 3.93. The number of benzene rings is 2. The fraction of sp³-hybridized carbons (Fsp3) is 0.320. The zero-order valence-electron chi connectivity index (χ0n) is 17.8. The number of carbonyl (C=O) groups excluding carboxylic acids is 2. The van der Waals surface area contributed by atoms with Crippen molar-refractivity contribution < 1.29 is 19.1 Å². The number of rotatable bonds is 5. The Labute approximate surface area is 186 Å². The molecule has 1 saturated heterocycles. The Hall–Kier alpha value is -3.45. The van der Waals surface area contributed by atoms with Gasteiger partial charge in [-0.15, -0.1) is 0 Å². The zero-order valence-corrected chi connectivity index (χ0v) is 17.8. The molecule has 0 aliphatic carbocycles.